The summed E-state index contributed by atoms with van der Waals surface area (Å²) in [4.78, 5) is 12.4. The molecule has 2 aromatic rings. The predicted molar refractivity (Wildman–Crippen MR) is 142 cm³/mol. The number of carboxylic acids is 1. The Balaban J connectivity index is 2.69. The zero-order chi connectivity index (χ0) is 25.1. The van der Waals surface area contributed by atoms with Crippen LogP contribution in [-0.2, 0) is 12.8 Å². The lowest BCUT2D eigenvalue weighted by Crippen LogP contribution is -2.10. The number of allylic oxidation sites excluding steroid dienone is 4. The molecule has 0 aliphatic rings. The van der Waals surface area contributed by atoms with Gasteiger partial charge < -0.3 is 14.9 Å². The molecule has 0 bridgehead atoms. The van der Waals surface area contributed by atoms with E-state index in [1.165, 1.54) is 5.57 Å². The Morgan fingerprint density at radius 1 is 1.12 bits per heavy atom. The largest absolute Gasteiger partial charge is 0.507 e. The van der Waals surface area contributed by atoms with Gasteiger partial charge in [0.25, 0.3) is 0 Å². The van der Waals surface area contributed by atoms with Crippen LogP contribution in [0, 0.1) is 5.92 Å². The van der Waals surface area contributed by atoms with Gasteiger partial charge >= 0.3 is 5.97 Å². The minimum absolute atomic E-state index is 0.0679. The fourth-order valence-electron chi connectivity index (χ4n) is 3.96. The number of hydrogen-bond acceptors (Lipinski definition) is 3. The summed E-state index contributed by atoms with van der Waals surface area (Å²) in [5, 5.41) is 21.2. The van der Waals surface area contributed by atoms with Crippen LogP contribution in [-0.4, -0.2) is 23.3 Å². The molecule has 0 heterocycles. The van der Waals surface area contributed by atoms with E-state index in [1.807, 2.05) is 49.4 Å². The molecule has 0 fully saturated rings. The van der Waals surface area contributed by atoms with Crippen LogP contribution in [0.2, 0.25) is 0 Å². The van der Waals surface area contributed by atoms with E-state index in [-0.39, 0.29) is 11.3 Å². The molecule has 4 heteroatoms. The lowest BCUT2D eigenvalue weighted by Gasteiger charge is -2.21. The molecule has 0 saturated heterocycles. The van der Waals surface area contributed by atoms with Crippen molar-refractivity contribution in [1.29, 1.82) is 0 Å². The molecule has 2 N–H and O–H groups in total. The Labute approximate surface area is 204 Å². The molecule has 0 saturated carbocycles. The maximum atomic E-state index is 12.4. The third-order valence-electron chi connectivity index (χ3n) is 5.89. The van der Waals surface area contributed by atoms with Crippen LogP contribution in [0.25, 0.3) is 12.2 Å². The maximum Gasteiger partial charge on any atom is 0.340 e. The van der Waals surface area contributed by atoms with Gasteiger partial charge in [-0.25, -0.2) is 4.79 Å². The topological polar surface area (TPSA) is 66.8 Å². The first-order valence-electron chi connectivity index (χ1n) is 12.0. The van der Waals surface area contributed by atoms with Crippen molar-refractivity contribution in [2.75, 3.05) is 7.11 Å². The van der Waals surface area contributed by atoms with E-state index < -0.39 is 5.97 Å². The van der Waals surface area contributed by atoms with Crippen molar-refractivity contribution < 1.29 is 19.7 Å². The fourth-order valence-corrected chi connectivity index (χ4v) is 3.96. The Bertz CT molecular complexity index is 1040. The van der Waals surface area contributed by atoms with E-state index in [9.17, 15) is 15.0 Å². The van der Waals surface area contributed by atoms with E-state index >= 15 is 0 Å². The number of aromatic carboxylic acids is 1. The van der Waals surface area contributed by atoms with Gasteiger partial charge in [-0.1, -0.05) is 80.1 Å². The summed E-state index contributed by atoms with van der Waals surface area (Å²) in [6.07, 6.45) is 13.8. The van der Waals surface area contributed by atoms with Crippen LogP contribution in [0.1, 0.15) is 79.6 Å². The van der Waals surface area contributed by atoms with Gasteiger partial charge in [0.1, 0.15) is 17.1 Å². The zero-order valence-electron chi connectivity index (χ0n) is 21.1. The molecule has 0 amide bonds. The molecule has 0 unspecified atom stereocenters. The normalized spacial score (nSPS) is 12.2. The Morgan fingerprint density at radius 2 is 1.82 bits per heavy atom. The number of ether oxygens (including phenoxy) is 1. The van der Waals surface area contributed by atoms with Gasteiger partial charge in [-0.3, -0.25) is 0 Å². The SMILES string of the molecule is C/C=C\CC/C(C)=C/Cc1c(/C=C/c2ccccc2)c(C(=O)O)c(O)c(CCC(C)C)c1OC. The quantitative estimate of drug-likeness (QED) is 0.250. The lowest BCUT2D eigenvalue weighted by atomic mass is 9.89. The molecule has 182 valence electrons. The minimum Gasteiger partial charge on any atom is -0.507 e. The van der Waals surface area contributed by atoms with Crippen LogP contribution in [0.15, 0.2) is 54.1 Å². The van der Waals surface area contributed by atoms with Crippen molar-refractivity contribution in [3.8, 4) is 11.5 Å². The Hall–Kier alpha value is -3.27. The third kappa shape index (κ3) is 7.38. The molecule has 0 aromatic heterocycles. The molecule has 0 spiro atoms. The van der Waals surface area contributed by atoms with Gasteiger partial charge in [0.2, 0.25) is 0 Å². The lowest BCUT2D eigenvalue weighted by molar-refractivity contribution is 0.0693. The molecule has 2 rings (SSSR count). The van der Waals surface area contributed by atoms with Crippen LogP contribution >= 0.6 is 0 Å². The molecule has 4 nitrogen and oxygen atoms in total. The summed E-state index contributed by atoms with van der Waals surface area (Å²) < 4.78 is 5.82. The summed E-state index contributed by atoms with van der Waals surface area (Å²) in [5.41, 5.74) is 3.95. The van der Waals surface area contributed by atoms with Gasteiger partial charge in [0, 0.05) is 11.1 Å². The van der Waals surface area contributed by atoms with Gasteiger partial charge in [-0.2, -0.15) is 0 Å². The van der Waals surface area contributed by atoms with Crippen molar-refractivity contribution >= 4 is 18.1 Å². The summed E-state index contributed by atoms with van der Waals surface area (Å²) in [6.45, 7) is 8.32. The first-order chi connectivity index (χ1) is 16.3. The number of methoxy groups -OCH3 is 1. The van der Waals surface area contributed by atoms with Crippen LogP contribution in [0.3, 0.4) is 0 Å². The minimum atomic E-state index is -1.14. The Morgan fingerprint density at radius 3 is 2.41 bits per heavy atom. The first-order valence-corrected chi connectivity index (χ1v) is 12.0. The average molecular weight is 463 g/mol. The summed E-state index contributed by atoms with van der Waals surface area (Å²) >= 11 is 0. The average Bonchev–Trinajstić information content (AvgIpc) is 2.81. The fraction of sp³-hybridized carbons (Fsp3) is 0.367. The summed E-state index contributed by atoms with van der Waals surface area (Å²) in [6, 6.07) is 9.71. The zero-order valence-corrected chi connectivity index (χ0v) is 21.1. The highest BCUT2D eigenvalue weighted by atomic mass is 16.5. The van der Waals surface area contributed by atoms with E-state index in [0.717, 1.165) is 30.4 Å². The summed E-state index contributed by atoms with van der Waals surface area (Å²) in [5.74, 6) is -0.357. The second-order valence-electron chi connectivity index (χ2n) is 8.97. The smallest absolute Gasteiger partial charge is 0.340 e. The maximum absolute atomic E-state index is 12.4. The van der Waals surface area contributed by atoms with Crippen molar-refractivity contribution in [1.82, 2.24) is 0 Å². The monoisotopic (exact) mass is 462 g/mol. The van der Waals surface area contributed by atoms with Crippen LogP contribution < -0.4 is 4.74 Å². The molecular weight excluding hydrogens is 424 g/mol. The number of aromatic hydroxyl groups is 1. The molecule has 0 aliphatic carbocycles. The van der Waals surface area contributed by atoms with Gasteiger partial charge in [0.05, 0.1) is 7.11 Å². The van der Waals surface area contributed by atoms with Crippen molar-refractivity contribution in [3.05, 3.63) is 82.0 Å². The molecular formula is C30H38O4. The highest BCUT2D eigenvalue weighted by Gasteiger charge is 2.26. The second-order valence-corrected chi connectivity index (χ2v) is 8.97. The molecule has 0 radical (unpaired) electrons. The van der Waals surface area contributed by atoms with Gasteiger partial charge in [0.15, 0.2) is 0 Å². The number of phenols is 1. The van der Waals surface area contributed by atoms with Crippen LogP contribution in [0.5, 0.6) is 11.5 Å². The Kier molecular flexibility index (Phi) is 10.7. The molecule has 2 aromatic carbocycles. The highest BCUT2D eigenvalue weighted by Crippen LogP contribution is 2.41. The van der Waals surface area contributed by atoms with Crippen molar-refractivity contribution in [2.45, 2.75) is 59.8 Å². The van der Waals surface area contributed by atoms with E-state index in [2.05, 4.69) is 32.9 Å². The predicted octanol–water partition coefficient (Wildman–Crippen LogP) is 7.70. The van der Waals surface area contributed by atoms with Crippen LogP contribution in [0.4, 0.5) is 0 Å². The highest BCUT2D eigenvalue weighted by molar-refractivity contribution is 5.98. The standard InChI is InChI=1S/C30H38O4/c1-6-7-9-12-22(4)16-19-25-24(20-17-23-13-10-8-11-14-23)27(30(32)33)28(31)26(29(25)34-5)18-15-21(2)3/h6-8,10-11,13-14,16-17,20-21,31H,9,12,15,18-19H2,1-5H3,(H,32,33)/b7-6-,20-17+,22-16+. The molecule has 0 atom stereocenters. The van der Waals surface area contributed by atoms with Crippen molar-refractivity contribution in [2.24, 2.45) is 5.92 Å². The number of carbonyl (C=O) groups is 1. The number of benzene rings is 2. The number of hydrogen-bond donors (Lipinski definition) is 2. The number of carboxylic acid groups (broad SMARTS) is 1. The third-order valence-corrected chi connectivity index (χ3v) is 5.89. The van der Waals surface area contributed by atoms with Gasteiger partial charge in [-0.15, -0.1) is 0 Å². The van der Waals surface area contributed by atoms with Crippen molar-refractivity contribution in [3.63, 3.8) is 0 Å². The van der Waals surface area contributed by atoms with E-state index in [0.29, 0.717) is 35.6 Å². The second kappa shape index (κ2) is 13.4. The first kappa shape index (κ1) is 27.0. The van der Waals surface area contributed by atoms with E-state index in [4.69, 9.17) is 4.74 Å². The number of rotatable bonds is 12. The molecule has 34 heavy (non-hydrogen) atoms. The summed E-state index contributed by atoms with van der Waals surface area (Å²) in [7, 11) is 1.59. The van der Waals surface area contributed by atoms with E-state index in [1.54, 1.807) is 13.2 Å². The van der Waals surface area contributed by atoms with Gasteiger partial charge in [-0.05, 0) is 63.0 Å². The molecule has 0 aliphatic heterocycles.